The van der Waals surface area contributed by atoms with Crippen LogP contribution in [0.25, 0.3) is 0 Å². The van der Waals surface area contributed by atoms with E-state index in [1.165, 1.54) is 6.33 Å². The Bertz CT molecular complexity index is 375. The molecule has 4 nitrogen and oxygen atoms in total. The third kappa shape index (κ3) is 3.07. The van der Waals surface area contributed by atoms with E-state index in [2.05, 4.69) is 21.8 Å². The van der Waals surface area contributed by atoms with Crippen LogP contribution in [0.3, 0.4) is 0 Å². The summed E-state index contributed by atoms with van der Waals surface area (Å²) in [5.74, 6) is 2.11. The highest BCUT2D eigenvalue weighted by Crippen LogP contribution is 2.27. The fraction of sp³-hybridized carbons (Fsp3) is 0.667. The van der Waals surface area contributed by atoms with E-state index in [0.717, 1.165) is 32.1 Å². The monoisotopic (exact) mass is 255 g/mol. The Morgan fingerprint density at radius 1 is 1.47 bits per heavy atom. The van der Waals surface area contributed by atoms with Gasteiger partial charge in [0.15, 0.2) is 0 Å². The minimum Gasteiger partial charge on any atom is -0.381 e. The van der Waals surface area contributed by atoms with Gasteiger partial charge >= 0.3 is 0 Å². The van der Waals surface area contributed by atoms with Crippen molar-refractivity contribution >= 4 is 17.4 Å². The van der Waals surface area contributed by atoms with Crippen molar-refractivity contribution in [2.45, 2.75) is 13.8 Å². The molecule has 1 saturated heterocycles. The zero-order valence-electron chi connectivity index (χ0n) is 10.3. The van der Waals surface area contributed by atoms with Crippen LogP contribution in [0.5, 0.6) is 0 Å². The van der Waals surface area contributed by atoms with Gasteiger partial charge in [0, 0.05) is 31.7 Å². The second-order valence-corrected chi connectivity index (χ2v) is 4.89. The van der Waals surface area contributed by atoms with Crippen LogP contribution in [0.1, 0.15) is 13.8 Å². The van der Waals surface area contributed by atoms with E-state index in [4.69, 9.17) is 16.3 Å². The molecule has 0 amide bonds. The summed E-state index contributed by atoms with van der Waals surface area (Å²) in [5, 5.41) is 0.496. The summed E-state index contributed by atoms with van der Waals surface area (Å²) in [6, 6.07) is 1.82. The van der Waals surface area contributed by atoms with Gasteiger partial charge in [0.1, 0.15) is 17.3 Å². The van der Waals surface area contributed by atoms with E-state index in [-0.39, 0.29) is 0 Å². The lowest BCUT2D eigenvalue weighted by Gasteiger charge is -2.17. The molecule has 0 aliphatic carbocycles. The summed E-state index contributed by atoms with van der Waals surface area (Å²) < 4.78 is 5.51. The van der Waals surface area contributed by atoms with Crippen molar-refractivity contribution in [3.8, 4) is 0 Å². The summed E-state index contributed by atoms with van der Waals surface area (Å²) in [4.78, 5) is 10.4. The lowest BCUT2D eigenvalue weighted by Crippen LogP contribution is -2.22. The standard InChI is InChI=1S/C12H18ClN3O/c1-3-17-7-10-6-16(5-9(10)2)12-4-11(13)14-8-15-12/h4,8-10H,3,5-7H2,1-2H3/t9-,10-/m0/s1. The zero-order chi connectivity index (χ0) is 12.3. The van der Waals surface area contributed by atoms with Crippen molar-refractivity contribution in [2.75, 3.05) is 31.2 Å². The highest BCUT2D eigenvalue weighted by atomic mass is 35.5. The van der Waals surface area contributed by atoms with Crippen molar-refractivity contribution in [1.82, 2.24) is 9.97 Å². The lowest BCUT2D eigenvalue weighted by atomic mass is 9.99. The Balaban J connectivity index is 2.00. The summed E-state index contributed by atoms with van der Waals surface area (Å²) in [6.07, 6.45) is 1.51. The molecular formula is C12H18ClN3O. The topological polar surface area (TPSA) is 38.2 Å². The summed E-state index contributed by atoms with van der Waals surface area (Å²) in [5.41, 5.74) is 0. The highest BCUT2D eigenvalue weighted by Gasteiger charge is 2.30. The Hall–Kier alpha value is -0.870. The molecule has 1 aromatic heterocycles. The van der Waals surface area contributed by atoms with Crippen LogP contribution >= 0.6 is 11.6 Å². The molecule has 2 heterocycles. The van der Waals surface area contributed by atoms with Crippen LogP contribution < -0.4 is 4.90 Å². The number of nitrogens with zero attached hydrogens (tertiary/aromatic N) is 3. The highest BCUT2D eigenvalue weighted by molar-refractivity contribution is 6.29. The van der Waals surface area contributed by atoms with Gasteiger partial charge in [-0.3, -0.25) is 0 Å². The number of aromatic nitrogens is 2. The number of anilines is 1. The van der Waals surface area contributed by atoms with Crippen molar-refractivity contribution in [2.24, 2.45) is 11.8 Å². The molecular weight excluding hydrogens is 238 g/mol. The van der Waals surface area contributed by atoms with Crippen LogP contribution in [-0.2, 0) is 4.74 Å². The quantitative estimate of drug-likeness (QED) is 0.774. The van der Waals surface area contributed by atoms with Gasteiger partial charge < -0.3 is 9.64 Å². The Kier molecular flexibility index (Phi) is 4.18. The maximum atomic E-state index is 5.88. The zero-order valence-corrected chi connectivity index (χ0v) is 11.0. The van der Waals surface area contributed by atoms with Crippen molar-refractivity contribution < 1.29 is 4.74 Å². The molecule has 0 bridgehead atoms. The minimum absolute atomic E-state index is 0.496. The van der Waals surface area contributed by atoms with E-state index in [1.54, 1.807) is 0 Å². The predicted octanol–water partition coefficient (Wildman–Crippen LogP) is 2.24. The first-order valence-electron chi connectivity index (χ1n) is 6.01. The molecule has 0 aromatic carbocycles. The van der Waals surface area contributed by atoms with Crippen LogP contribution in [0.2, 0.25) is 5.15 Å². The van der Waals surface area contributed by atoms with Gasteiger partial charge in [0.25, 0.3) is 0 Å². The smallest absolute Gasteiger partial charge is 0.134 e. The molecule has 0 N–H and O–H groups in total. The van der Waals surface area contributed by atoms with Gasteiger partial charge in [-0.25, -0.2) is 9.97 Å². The van der Waals surface area contributed by atoms with Crippen LogP contribution in [-0.4, -0.2) is 36.3 Å². The third-order valence-electron chi connectivity index (χ3n) is 3.25. The van der Waals surface area contributed by atoms with E-state index >= 15 is 0 Å². The largest absolute Gasteiger partial charge is 0.381 e. The number of rotatable bonds is 4. The Morgan fingerprint density at radius 3 is 3.00 bits per heavy atom. The second kappa shape index (κ2) is 5.65. The maximum Gasteiger partial charge on any atom is 0.134 e. The average Bonchev–Trinajstić information content (AvgIpc) is 2.68. The van der Waals surface area contributed by atoms with Gasteiger partial charge in [0.2, 0.25) is 0 Å². The molecule has 2 rings (SSSR count). The molecule has 2 atom stereocenters. The first kappa shape index (κ1) is 12.6. The van der Waals surface area contributed by atoms with Crippen LogP contribution in [0.4, 0.5) is 5.82 Å². The minimum atomic E-state index is 0.496. The Labute approximate surface area is 107 Å². The molecule has 0 saturated carbocycles. The van der Waals surface area contributed by atoms with Gasteiger partial charge in [-0.15, -0.1) is 0 Å². The van der Waals surface area contributed by atoms with E-state index < -0.39 is 0 Å². The first-order valence-corrected chi connectivity index (χ1v) is 6.38. The van der Waals surface area contributed by atoms with Gasteiger partial charge in [-0.05, 0) is 12.8 Å². The number of ether oxygens (including phenoxy) is 1. The van der Waals surface area contributed by atoms with Crippen molar-refractivity contribution in [3.63, 3.8) is 0 Å². The molecule has 1 aromatic rings. The fourth-order valence-electron chi connectivity index (χ4n) is 2.20. The molecule has 1 fully saturated rings. The van der Waals surface area contributed by atoms with Crippen molar-refractivity contribution in [3.05, 3.63) is 17.5 Å². The van der Waals surface area contributed by atoms with E-state index in [1.807, 2.05) is 13.0 Å². The molecule has 0 unspecified atom stereocenters. The summed E-state index contributed by atoms with van der Waals surface area (Å²) in [7, 11) is 0. The van der Waals surface area contributed by atoms with Gasteiger partial charge in [0.05, 0.1) is 6.61 Å². The molecule has 94 valence electrons. The van der Waals surface area contributed by atoms with Gasteiger partial charge in [-0.1, -0.05) is 18.5 Å². The summed E-state index contributed by atoms with van der Waals surface area (Å²) >= 11 is 5.88. The van der Waals surface area contributed by atoms with Crippen molar-refractivity contribution in [1.29, 1.82) is 0 Å². The van der Waals surface area contributed by atoms with Crippen LogP contribution in [0, 0.1) is 11.8 Å². The fourth-order valence-corrected chi connectivity index (χ4v) is 2.35. The third-order valence-corrected chi connectivity index (χ3v) is 3.45. The molecule has 0 spiro atoms. The van der Waals surface area contributed by atoms with Crippen LogP contribution in [0.15, 0.2) is 12.4 Å². The number of halogens is 1. The second-order valence-electron chi connectivity index (χ2n) is 4.50. The molecule has 17 heavy (non-hydrogen) atoms. The lowest BCUT2D eigenvalue weighted by molar-refractivity contribution is 0.104. The van der Waals surface area contributed by atoms with Gasteiger partial charge in [-0.2, -0.15) is 0 Å². The SMILES string of the molecule is CCOC[C@@H]1CN(c2cc(Cl)ncn2)C[C@@H]1C. The van der Waals surface area contributed by atoms with E-state index in [9.17, 15) is 0 Å². The average molecular weight is 256 g/mol. The molecule has 1 aliphatic heterocycles. The number of hydrogen-bond acceptors (Lipinski definition) is 4. The Morgan fingerprint density at radius 2 is 2.29 bits per heavy atom. The van der Waals surface area contributed by atoms with E-state index in [0.29, 0.717) is 17.0 Å². The first-order chi connectivity index (χ1) is 8.20. The molecule has 1 aliphatic rings. The molecule has 0 radical (unpaired) electrons. The normalized spacial score (nSPS) is 24.3. The molecule has 5 heteroatoms. The predicted molar refractivity (Wildman–Crippen MR) is 68.4 cm³/mol. The summed E-state index contributed by atoms with van der Waals surface area (Å²) in [6.45, 7) is 7.88. The maximum absolute atomic E-state index is 5.88. The number of hydrogen-bond donors (Lipinski definition) is 0.